The number of piperazine rings is 1. The van der Waals surface area contributed by atoms with Gasteiger partial charge in [0.15, 0.2) is 0 Å². The number of likely N-dealkylation sites (N-methyl/N-ethyl adjacent to an activating group) is 1. The zero-order chi connectivity index (χ0) is 17.4. The molecule has 0 amide bonds. The zero-order valence-corrected chi connectivity index (χ0v) is 14.1. The second kappa shape index (κ2) is 6.44. The van der Waals surface area contributed by atoms with Crippen molar-refractivity contribution >= 4 is 16.7 Å². The molecule has 2 heterocycles. The summed E-state index contributed by atoms with van der Waals surface area (Å²) in [4.78, 5) is 12.0. The molecule has 0 aliphatic carbocycles. The lowest BCUT2D eigenvalue weighted by Gasteiger charge is -2.35. The molecule has 4 rings (SSSR count). The topological polar surface area (TPSA) is 35.2 Å². The van der Waals surface area contributed by atoms with Crippen molar-refractivity contribution < 1.29 is 8.78 Å². The quantitative estimate of drug-likeness (QED) is 0.789. The Morgan fingerprint density at radius 2 is 1.88 bits per heavy atom. The number of benzene rings is 2. The van der Waals surface area contributed by atoms with E-state index in [1.807, 2.05) is 0 Å². The van der Waals surface area contributed by atoms with Gasteiger partial charge in [-0.3, -0.25) is 0 Å². The Morgan fingerprint density at radius 3 is 2.60 bits per heavy atom. The van der Waals surface area contributed by atoms with Crippen LogP contribution >= 0.6 is 0 Å². The standard InChI is InChI=1S/C19H20F2N4/c1-2-24-6-8-25(9-7-24)18-12-17-16(11-15(18)21)22-19(23-17)13-4-3-5-14(20)10-13/h3-5,10-12H,2,6-9H2,1H3,(H,22,23). The average molecular weight is 342 g/mol. The van der Waals surface area contributed by atoms with E-state index in [-0.39, 0.29) is 11.6 Å². The Kier molecular flexibility index (Phi) is 4.13. The van der Waals surface area contributed by atoms with Gasteiger partial charge in [0.1, 0.15) is 17.5 Å². The van der Waals surface area contributed by atoms with E-state index in [0.29, 0.717) is 28.1 Å². The van der Waals surface area contributed by atoms with Crippen LogP contribution in [0.3, 0.4) is 0 Å². The maximum Gasteiger partial charge on any atom is 0.148 e. The van der Waals surface area contributed by atoms with Crippen LogP contribution in [0, 0.1) is 11.6 Å². The minimum Gasteiger partial charge on any atom is -0.367 e. The molecule has 0 unspecified atom stereocenters. The van der Waals surface area contributed by atoms with Crippen molar-refractivity contribution in [2.75, 3.05) is 37.6 Å². The van der Waals surface area contributed by atoms with Crippen LogP contribution in [-0.2, 0) is 0 Å². The van der Waals surface area contributed by atoms with Gasteiger partial charge in [-0.1, -0.05) is 19.1 Å². The molecule has 2 aromatic carbocycles. The van der Waals surface area contributed by atoms with E-state index in [1.165, 1.54) is 18.2 Å². The number of fused-ring (bicyclic) bond motifs is 1. The number of H-pyrrole nitrogens is 1. The highest BCUT2D eigenvalue weighted by molar-refractivity contribution is 5.83. The van der Waals surface area contributed by atoms with E-state index in [2.05, 4.69) is 26.7 Å². The number of nitrogens with one attached hydrogen (secondary N) is 1. The third-order valence-electron chi connectivity index (χ3n) is 4.81. The summed E-state index contributed by atoms with van der Waals surface area (Å²) in [5.74, 6) is -0.0348. The molecule has 25 heavy (non-hydrogen) atoms. The van der Waals surface area contributed by atoms with E-state index in [0.717, 1.165) is 32.7 Å². The van der Waals surface area contributed by atoms with Gasteiger partial charge in [0.2, 0.25) is 0 Å². The molecule has 1 N–H and O–H groups in total. The summed E-state index contributed by atoms with van der Waals surface area (Å²) in [5.41, 5.74) is 2.54. The smallest absolute Gasteiger partial charge is 0.148 e. The number of aromatic amines is 1. The molecular formula is C19H20F2N4. The number of rotatable bonds is 3. The van der Waals surface area contributed by atoms with E-state index in [1.54, 1.807) is 18.2 Å². The number of imidazole rings is 1. The summed E-state index contributed by atoms with van der Waals surface area (Å²) >= 11 is 0. The molecule has 1 fully saturated rings. The van der Waals surface area contributed by atoms with Crippen LogP contribution in [0.5, 0.6) is 0 Å². The van der Waals surface area contributed by atoms with E-state index >= 15 is 0 Å². The molecule has 3 aromatic rings. The van der Waals surface area contributed by atoms with Crippen LogP contribution in [0.1, 0.15) is 6.92 Å². The number of hydrogen-bond donors (Lipinski definition) is 1. The van der Waals surface area contributed by atoms with Gasteiger partial charge in [-0.25, -0.2) is 13.8 Å². The third-order valence-corrected chi connectivity index (χ3v) is 4.81. The Labute approximate surface area is 145 Å². The first-order chi connectivity index (χ1) is 12.1. The van der Waals surface area contributed by atoms with Gasteiger partial charge in [0.05, 0.1) is 16.7 Å². The first-order valence-corrected chi connectivity index (χ1v) is 8.56. The van der Waals surface area contributed by atoms with Crippen LogP contribution < -0.4 is 4.90 Å². The molecule has 6 heteroatoms. The van der Waals surface area contributed by atoms with Crippen LogP contribution in [0.15, 0.2) is 36.4 Å². The van der Waals surface area contributed by atoms with Crippen molar-refractivity contribution in [2.45, 2.75) is 6.92 Å². The van der Waals surface area contributed by atoms with Gasteiger partial charge in [0, 0.05) is 37.8 Å². The number of nitrogens with zero attached hydrogens (tertiary/aromatic N) is 3. The van der Waals surface area contributed by atoms with Crippen LogP contribution in [0.25, 0.3) is 22.4 Å². The monoisotopic (exact) mass is 342 g/mol. The van der Waals surface area contributed by atoms with Gasteiger partial charge in [-0.05, 0) is 24.7 Å². The van der Waals surface area contributed by atoms with Gasteiger partial charge in [0.25, 0.3) is 0 Å². The molecule has 0 atom stereocenters. The van der Waals surface area contributed by atoms with Crippen molar-refractivity contribution in [3.63, 3.8) is 0 Å². The molecule has 1 aliphatic rings. The van der Waals surface area contributed by atoms with Crippen molar-refractivity contribution in [2.24, 2.45) is 0 Å². The minimum absolute atomic E-state index is 0.258. The fourth-order valence-electron chi connectivity index (χ4n) is 3.34. The molecule has 130 valence electrons. The van der Waals surface area contributed by atoms with Gasteiger partial charge < -0.3 is 14.8 Å². The van der Waals surface area contributed by atoms with Crippen molar-refractivity contribution in [1.29, 1.82) is 0 Å². The fraction of sp³-hybridized carbons (Fsp3) is 0.316. The Balaban J connectivity index is 1.67. The number of anilines is 1. The van der Waals surface area contributed by atoms with Crippen molar-refractivity contribution in [3.05, 3.63) is 48.0 Å². The maximum absolute atomic E-state index is 14.6. The number of hydrogen-bond acceptors (Lipinski definition) is 3. The summed E-state index contributed by atoms with van der Waals surface area (Å²) < 4.78 is 28.0. The molecule has 1 saturated heterocycles. The SMILES string of the molecule is CCN1CCN(c2cc3nc(-c4cccc(F)c4)[nH]c3cc2F)CC1. The molecule has 0 bridgehead atoms. The van der Waals surface area contributed by atoms with E-state index < -0.39 is 0 Å². The minimum atomic E-state index is -0.321. The lowest BCUT2D eigenvalue weighted by molar-refractivity contribution is 0.270. The normalized spacial score (nSPS) is 15.9. The maximum atomic E-state index is 14.6. The number of halogens is 2. The Morgan fingerprint density at radius 1 is 1.08 bits per heavy atom. The molecule has 1 aliphatic heterocycles. The molecule has 0 saturated carbocycles. The first kappa shape index (κ1) is 16.0. The highest BCUT2D eigenvalue weighted by Crippen LogP contribution is 2.28. The van der Waals surface area contributed by atoms with Crippen molar-refractivity contribution in [3.8, 4) is 11.4 Å². The third kappa shape index (κ3) is 3.09. The average Bonchev–Trinajstić information content (AvgIpc) is 3.04. The van der Waals surface area contributed by atoms with E-state index in [4.69, 9.17) is 0 Å². The Bertz CT molecular complexity index is 898. The zero-order valence-electron chi connectivity index (χ0n) is 14.1. The first-order valence-electron chi connectivity index (χ1n) is 8.56. The van der Waals surface area contributed by atoms with Crippen molar-refractivity contribution in [1.82, 2.24) is 14.9 Å². The lowest BCUT2D eigenvalue weighted by Crippen LogP contribution is -2.46. The molecule has 1 aromatic heterocycles. The molecule has 4 nitrogen and oxygen atoms in total. The fourth-order valence-corrected chi connectivity index (χ4v) is 3.34. The van der Waals surface area contributed by atoms with Gasteiger partial charge >= 0.3 is 0 Å². The van der Waals surface area contributed by atoms with Crippen LogP contribution in [-0.4, -0.2) is 47.6 Å². The number of aromatic nitrogens is 2. The Hall–Kier alpha value is -2.47. The summed E-state index contributed by atoms with van der Waals surface area (Å²) in [7, 11) is 0. The summed E-state index contributed by atoms with van der Waals surface area (Å²) in [6.07, 6.45) is 0. The molecular weight excluding hydrogens is 322 g/mol. The molecule has 0 spiro atoms. The van der Waals surface area contributed by atoms with E-state index in [9.17, 15) is 8.78 Å². The largest absolute Gasteiger partial charge is 0.367 e. The predicted molar refractivity (Wildman–Crippen MR) is 95.8 cm³/mol. The van der Waals surface area contributed by atoms with Crippen LogP contribution in [0.2, 0.25) is 0 Å². The second-order valence-corrected chi connectivity index (χ2v) is 6.34. The van der Waals surface area contributed by atoms with Crippen LogP contribution in [0.4, 0.5) is 14.5 Å². The van der Waals surface area contributed by atoms with Gasteiger partial charge in [-0.2, -0.15) is 0 Å². The highest BCUT2D eigenvalue weighted by Gasteiger charge is 2.20. The predicted octanol–water partition coefficient (Wildman–Crippen LogP) is 3.65. The summed E-state index contributed by atoms with van der Waals surface area (Å²) in [6, 6.07) is 9.48. The second-order valence-electron chi connectivity index (χ2n) is 6.34. The summed E-state index contributed by atoms with van der Waals surface area (Å²) in [6.45, 7) is 6.63. The van der Waals surface area contributed by atoms with Gasteiger partial charge in [-0.15, -0.1) is 0 Å². The highest BCUT2D eigenvalue weighted by atomic mass is 19.1. The summed E-state index contributed by atoms with van der Waals surface area (Å²) in [5, 5.41) is 0. The lowest BCUT2D eigenvalue weighted by atomic mass is 10.2. The molecule has 0 radical (unpaired) electrons.